The number of hydrogen-bond donors (Lipinski definition) is 0. The van der Waals surface area contributed by atoms with Crippen molar-refractivity contribution in [1.82, 2.24) is 0 Å². The summed E-state index contributed by atoms with van der Waals surface area (Å²) in [5.41, 5.74) is 0. The van der Waals surface area contributed by atoms with Gasteiger partial charge in [-0.1, -0.05) is 96.8 Å². The van der Waals surface area contributed by atoms with Crippen LogP contribution in [0.25, 0.3) is 0 Å². The summed E-state index contributed by atoms with van der Waals surface area (Å²) >= 11 is 0. The van der Waals surface area contributed by atoms with Crippen molar-refractivity contribution in [3.05, 3.63) is 0 Å². The third-order valence-electron chi connectivity index (χ3n) is 4.61. The fourth-order valence-electron chi connectivity index (χ4n) is 2.95. The zero-order valence-corrected chi connectivity index (χ0v) is 19.9. The van der Waals surface area contributed by atoms with Gasteiger partial charge in [-0.3, -0.25) is 4.79 Å². The van der Waals surface area contributed by atoms with Gasteiger partial charge in [0.15, 0.2) is 9.04 Å². The molecule has 150 valence electrons. The van der Waals surface area contributed by atoms with Gasteiger partial charge in [0.1, 0.15) is 0 Å². The lowest BCUT2D eigenvalue weighted by Crippen LogP contribution is -2.17. The molecule has 0 saturated carbocycles. The van der Waals surface area contributed by atoms with Gasteiger partial charge in [-0.05, 0) is 19.5 Å². The lowest BCUT2D eigenvalue weighted by Gasteiger charge is -2.07. The van der Waals surface area contributed by atoms with E-state index in [2.05, 4.69) is 20.0 Å². The lowest BCUT2D eigenvalue weighted by molar-refractivity contribution is -0.135. The Kier molecular flexibility index (Phi) is 20.1. The average molecular weight is 389 g/mol. The van der Waals surface area contributed by atoms with Gasteiger partial charge in [-0.2, -0.15) is 0 Å². The van der Waals surface area contributed by atoms with E-state index in [9.17, 15) is 4.79 Å². The highest BCUT2D eigenvalue weighted by Crippen LogP contribution is 2.13. The maximum Gasteiger partial charge on any atom is 0.358 e. The van der Waals surface area contributed by atoms with E-state index in [1.165, 1.54) is 83.5 Å². The minimum atomic E-state index is -1.04. The van der Waals surface area contributed by atoms with Crippen molar-refractivity contribution in [1.29, 1.82) is 0 Å². The number of rotatable bonds is 19. The normalized spacial score (nSPS) is 11.7. The summed E-state index contributed by atoms with van der Waals surface area (Å²) in [6.45, 7) is 6.49. The van der Waals surface area contributed by atoms with Crippen LogP contribution >= 0.6 is 0 Å². The Balaban J connectivity index is 3.10. The predicted octanol–water partition coefficient (Wildman–Crippen LogP) is 5.79. The summed E-state index contributed by atoms with van der Waals surface area (Å²) in [5.74, 6) is -0.0454. The molecule has 0 aromatic heterocycles. The fraction of sp³-hybridized carbons (Fsp3) is 0.950. The molecular formula is C20H44O3Si2. The summed E-state index contributed by atoms with van der Waals surface area (Å²) in [4.78, 5) is 11.5. The Bertz CT molecular complexity index is 286. The maximum atomic E-state index is 11.5. The number of carbonyl (C=O) groups is 1. The van der Waals surface area contributed by atoms with Gasteiger partial charge in [-0.25, -0.2) is 0 Å². The van der Waals surface area contributed by atoms with Crippen LogP contribution in [0.5, 0.6) is 0 Å². The van der Waals surface area contributed by atoms with E-state index in [0.29, 0.717) is 6.42 Å². The van der Waals surface area contributed by atoms with Gasteiger partial charge in [0.05, 0.1) is 0 Å². The molecule has 0 rings (SSSR count). The molecule has 0 amide bonds. The van der Waals surface area contributed by atoms with Gasteiger partial charge in [0, 0.05) is 6.42 Å². The van der Waals surface area contributed by atoms with Gasteiger partial charge in [0.25, 0.3) is 5.97 Å². The molecule has 0 N–H and O–H groups in total. The van der Waals surface area contributed by atoms with E-state index < -0.39 is 19.0 Å². The van der Waals surface area contributed by atoms with Crippen molar-refractivity contribution < 1.29 is 13.3 Å². The molecule has 0 aliphatic heterocycles. The number of hydrogen-bond acceptors (Lipinski definition) is 3. The van der Waals surface area contributed by atoms with E-state index in [0.717, 1.165) is 12.8 Å². The zero-order chi connectivity index (χ0) is 18.6. The summed E-state index contributed by atoms with van der Waals surface area (Å²) in [6.07, 6.45) is 20.8. The highest BCUT2D eigenvalue weighted by atomic mass is 28.4. The smallest absolute Gasteiger partial charge is 0.358 e. The van der Waals surface area contributed by atoms with Crippen molar-refractivity contribution in [2.75, 3.05) is 0 Å². The Hall–Kier alpha value is -0.136. The van der Waals surface area contributed by atoms with Crippen molar-refractivity contribution >= 4 is 25.0 Å². The van der Waals surface area contributed by atoms with Crippen LogP contribution in [-0.4, -0.2) is 25.0 Å². The van der Waals surface area contributed by atoms with E-state index >= 15 is 0 Å². The molecule has 0 aliphatic rings. The first kappa shape index (κ1) is 24.9. The van der Waals surface area contributed by atoms with Crippen molar-refractivity contribution in [3.63, 3.8) is 0 Å². The summed E-state index contributed by atoms with van der Waals surface area (Å²) in [7, 11) is -2.05. The van der Waals surface area contributed by atoms with Crippen LogP contribution in [0.2, 0.25) is 13.1 Å². The topological polar surface area (TPSA) is 35.5 Å². The molecule has 0 bridgehead atoms. The first-order valence-electron chi connectivity index (χ1n) is 10.9. The Morgan fingerprint density at radius 1 is 0.720 bits per heavy atom. The van der Waals surface area contributed by atoms with Crippen LogP contribution in [0.3, 0.4) is 0 Å². The molecule has 0 fully saturated rings. The standard InChI is InChI=1S/C20H44O3Si2/c1-4-5-6-7-8-9-10-11-12-13-14-15-16-17-18-19-20(21)22-24-23-25(2)3/h25H,4-19,24H2,1-3H3. The third kappa shape index (κ3) is 21.8. The highest BCUT2D eigenvalue weighted by molar-refractivity contribution is 6.54. The molecule has 25 heavy (non-hydrogen) atoms. The van der Waals surface area contributed by atoms with Crippen LogP contribution in [0.1, 0.15) is 110 Å². The quantitative estimate of drug-likeness (QED) is 0.207. The highest BCUT2D eigenvalue weighted by Gasteiger charge is 2.04. The minimum absolute atomic E-state index is 0.0454. The van der Waals surface area contributed by atoms with E-state index in [4.69, 9.17) is 8.54 Å². The van der Waals surface area contributed by atoms with Gasteiger partial charge in [-0.15, -0.1) is 0 Å². The molecule has 0 saturated heterocycles. The first-order valence-corrected chi connectivity index (χ1v) is 14.9. The molecule has 0 aliphatic carbocycles. The molecule has 0 radical (unpaired) electrons. The SMILES string of the molecule is CCCCCCCCCCCCCCCCCC(=O)O[SiH2]O[SiH](C)C. The monoisotopic (exact) mass is 388 g/mol. The minimum Gasteiger partial charge on any atom is -0.500 e. The second kappa shape index (κ2) is 20.2. The van der Waals surface area contributed by atoms with E-state index in [-0.39, 0.29) is 5.97 Å². The molecule has 0 aromatic rings. The fourth-order valence-corrected chi connectivity index (χ4v) is 4.59. The molecule has 5 heteroatoms. The average Bonchev–Trinajstić information content (AvgIpc) is 2.58. The Morgan fingerprint density at radius 3 is 1.52 bits per heavy atom. The number of carbonyl (C=O) groups excluding carboxylic acids is 1. The molecular weight excluding hydrogens is 344 g/mol. The van der Waals surface area contributed by atoms with Crippen molar-refractivity contribution in [2.45, 2.75) is 123 Å². The molecule has 0 unspecified atom stereocenters. The lowest BCUT2D eigenvalue weighted by atomic mass is 10.0. The van der Waals surface area contributed by atoms with Crippen molar-refractivity contribution in [3.8, 4) is 0 Å². The van der Waals surface area contributed by atoms with Gasteiger partial charge in [0.2, 0.25) is 0 Å². The maximum absolute atomic E-state index is 11.5. The largest absolute Gasteiger partial charge is 0.500 e. The van der Waals surface area contributed by atoms with Crippen LogP contribution in [0.15, 0.2) is 0 Å². The Morgan fingerprint density at radius 2 is 1.12 bits per heavy atom. The predicted molar refractivity (Wildman–Crippen MR) is 114 cm³/mol. The molecule has 0 heterocycles. The number of unbranched alkanes of at least 4 members (excludes halogenated alkanes) is 14. The second-order valence-corrected chi connectivity index (χ2v) is 11.5. The Labute approximate surface area is 161 Å². The van der Waals surface area contributed by atoms with Crippen molar-refractivity contribution in [2.24, 2.45) is 0 Å². The summed E-state index contributed by atoms with van der Waals surface area (Å²) < 4.78 is 10.7. The third-order valence-corrected chi connectivity index (χ3v) is 8.26. The molecule has 0 aromatic carbocycles. The molecule has 0 spiro atoms. The zero-order valence-electron chi connectivity index (χ0n) is 17.3. The summed E-state index contributed by atoms with van der Waals surface area (Å²) in [5, 5.41) is 0. The van der Waals surface area contributed by atoms with E-state index in [1.807, 2.05) is 0 Å². The molecule has 0 atom stereocenters. The van der Waals surface area contributed by atoms with Gasteiger partial charge < -0.3 is 8.54 Å². The second-order valence-electron chi connectivity index (χ2n) is 7.55. The van der Waals surface area contributed by atoms with Crippen LogP contribution < -0.4 is 0 Å². The van der Waals surface area contributed by atoms with Crippen LogP contribution in [0.4, 0.5) is 0 Å². The van der Waals surface area contributed by atoms with Crippen LogP contribution in [-0.2, 0) is 13.3 Å². The molecule has 3 nitrogen and oxygen atoms in total. The van der Waals surface area contributed by atoms with Gasteiger partial charge >= 0.3 is 10.0 Å². The van der Waals surface area contributed by atoms with Crippen LogP contribution in [0, 0.1) is 0 Å². The summed E-state index contributed by atoms with van der Waals surface area (Å²) in [6, 6.07) is 0. The van der Waals surface area contributed by atoms with E-state index in [1.54, 1.807) is 0 Å². The first-order chi connectivity index (χ1) is 12.2.